The first-order valence-corrected chi connectivity index (χ1v) is 11.3. The van der Waals surface area contributed by atoms with Gasteiger partial charge in [-0.1, -0.05) is 6.08 Å². The summed E-state index contributed by atoms with van der Waals surface area (Å²) in [6.07, 6.45) is 6.65. The summed E-state index contributed by atoms with van der Waals surface area (Å²) in [5.74, 6) is 0.710. The Balaban J connectivity index is 0.000000472. The van der Waals surface area contributed by atoms with E-state index in [2.05, 4.69) is 16.8 Å². The van der Waals surface area contributed by atoms with Crippen molar-refractivity contribution >= 4 is 39.7 Å². The molecule has 9 heteroatoms. The van der Waals surface area contributed by atoms with Crippen LogP contribution in [0.3, 0.4) is 0 Å². The second kappa shape index (κ2) is 8.64. The highest BCUT2D eigenvalue weighted by Gasteiger charge is 2.29. The van der Waals surface area contributed by atoms with E-state index >= 15 is 0 Å². The van der Waals surface area contributed by atoms with Crippen molar-refractivity contribution in [3.05, 3.63) is 33.2 Å². The SMILES string of the molecule is O=C(Nc1sc2c(c1-c1nc(C3CC3)cs1)CCOC2)C1=CCCC1.O=C(O)O. The van der Waals surface area contributed by atoms with Gasteiger partial charge < -0.3 is 20.3 Å². The Kier molecular flexibility index (Phi) is 5.98. The van der Waals surface area contributed by atoms with Crippen LogP contribution < -0.4 is 5.32 Å². The van der Waals surface area contributed by atoms with E-state index in [4.69, 9.17) is 24.7 Å². The summed E-state index contributed by atoms with van der Waals surface area (Å²) in [5.41, 5.74) is 4.62. The first kappa shape index (κ1) is 20.1. The zero-order valence-electron chi connectivity index (χ0n) is 15.8. The number of carbonyl (C=O) groups is 2. The fraction of sp³-hybridized carbons (Fsp3) is 0.450. The number of thiazole rings is 1. The lowest BCUT2D eigenvalue weighted by Gasteiger charge is -2.13. The minimum atomic E-state index is -1.83. The van der Waals surface area contributed by atoms with Crippen molar-refractivity contribution in [1.82, 2.24) is 4.98 Å². The fourth-order valence-corrected chi connectivity index (χ4v) is 5.80. The van der Waals surface area contributed by atoms with Gasteiger partial charge in [0, 0.05) is 27.3 Å². The minimum absolute atomic E-state index is 0.0530. The first-order valence-electron chi connectivity index (χ1n) is 9.63. The van der Waals surface area contributed by atoms with Gasteiger partial charge in [-0.25, -0.2) is 9.78 Å². The second-order valence-corrected chi connectivity index (χ2v) is 9.18. The van der Waals surface area contributed by atoms with Crippen LogP contribution >= 0.6 is 22.7 Å². The topological polar surface area (TPSA) is 109 Å². The van der Waals surface area contributed by atoms with Gasteiger partial charge in [-0.15, -0.1) is 22.7 Å². The number of nitrogens with zero attached hydrogens (tertiary/aromatic N) is 1. The van der Waals surface area contributed by atoms with Gasteiger partial charge in [-0.3, -0.25) is 4.79 Å². The van der Waals surface area contributed by atoms with Crippen LogP contribution in [0.1, 0.15) is 54.2 Å². The molecule has 1 fully saturated rings. The van der Waals surface area contributed by atoms with Crippen LogP contribution in [0.2, 0.25) is 0 Å². The third-order valence-electron chi connectivity index (χ3n) is 5.11. The molecule has 2 aromatic heterocycles. The molecule has 29 heavy (non-hydrogen) atoms. The number of carbonyl (C=O) groups excluding carboxylic acids is 1. The second-order valence-electron chi connectivity index (χ2n) is 7.22. The number of hydrogen-bond acceptors (Lipinski definition) is 6. The van der Waals surface area contributed by atoms with Gasteiger partial charge in [0.05, 0.1) is 18.9 Å². The summed E-state index contributed by atoms with van der Waals surface area (Å²) >= 11 is 3.37. The number of hydrogen-bond donors (Lipinski definition) is 3. The Morgan fingerprint density at radius 1 is 1.24 bits per heavy atom. The van der Waals surface area contributed by atoms with Crippen LogP contribution in [0.5, 0.6) is 0 Å². The maximum absolute atomic E-state index is 12.6. The van der Waals surface area contributed by atoms with Gasteiger partial charge in [-0.2, -0.15) is 0 Å². The summed E-state index contributed by atoms with van der Waals surface area (Å²) in [5, 5.41) is 21.3. The molecule has 0 atom stereocenters. The van der Waals surface area contributed by atoms with Crippen LogP contribution in [-0.4, -0.2) is 33.9 Å². The number of allylic oxidation sites excluding steroid dienone is 1. The van der Waals surface area contributed by atoms with Crippen LogP contribution in [0.15, 0.2) is 17.0 Å². The van der Waals surface area contributed by atoms with Crippen LogP contribution in [0.25, 0.3) is 10.6 Å². The van der Waals surface area contributed by atoms with E-state index in [1.807, 2.05) is 0 Å². The Hall–Kier alpha value is -2.23. The van der Waals surface area contributed by atoms with Crippen molar-refractivity contribution in [2.24, 2.45) is 0 Å². The normalized spacial score (nSPS) is 17.7. The quantitative estimate of drug-likeness (QED) is 0.618. The lowest BCUT2D eigenvalue weighted by molar-refractivity contribution is -0.112. The molecule has 3 N–H and O–H groups in total. The number of rotatable bonds is 4. The van der Waals surface area contributed by atoms with Crippen LogP contribution in [0, 0.1) is 0 Å². The average Bonchev–Trinajstić information content (AvgIpc) is 3.11. The molecule has 3 aliphatic rings. The van der Waals surface area contributed by atoms with Gasteiger partial charge in [0.15, 0.2) is 0 Å². The maximum atomic E-state index is 12.6. The van der Waals surface area contributed by atoms with E-state index < -0.39 is 6.16 Å². The molecule has 0 saturated heterocycles. The standard InChI is InChI=1S/C19H20N2O2S2.CH2O3/c22-17(12-3-1-2-4-12)21-19-16(13-7-8-23-9-15(13)25-19)18-20-14(10-24-18)11-5-6-11;2-1(3)4/h3,10-11H,1-2,4-9H2,(H,21,22);(H2,2,3,4). The first-order chi connectivity index (χ1) is 14.0. The third-order valence-corrected chi connectivity index (χ3v) is 7.11. The zero-order valence-corrected chi connectivity index (χ0v) is 17.4. The van der Waals surface area contributed by atoms with Gasteiger partial charge in [0.25, 0.3) is 5.91 Å². The van der Waals surface area contributed by atoms with Gasteiger partial charge in [-0.05, 0) is 44.1 Å². The van der Waals surface area contributed by atoms with Crippen molar-refractivity contribution in [3.8, 4) is 10.6 Å². The summed E-state index contributed by atoms with van der Waals surface area (Å²) in [4.78, 5) is 27.3. The Morgan fingerprint density at radius 2 is 2.03 bits per heavy atom. The third kappa shape index (κ3) is 4.68. The molecule has 2 aromatic rings. The van der Waals surface area contributed by atoms with Gasteiger partial charge in [0.2, 0.25) is 0 Å². The highest BCUT2D eigenvalue weighted by Crippen LogP contribution is 2.47. The van der Waals surface area contributed by atoms with E-state index in [9.17, 15) is 4.79 Å². The lowest BCUT2D eigenvalue weighted by atomic mass is 10.1. The molecule has 3 heterocycles. The lowest BCUT2D eigenvalue weighted by Crippen LogP contribution is -2.13. The number of anilines is 1. The summed E-state index contributed by atoms with van der Waals surface area (Å²) in [7, 11) is 0. The molecular formula is C20H22N2O5S2. The van der Waals surface area contributed by atoms with Crippen LogP contribution in [0.4, 0.5) is 9.80 Å². The molecule has 1 aliphatic heterocycles. The highest BCUT2D eigenvalue weighted by atomic mass is 32.1. The van der Waals surface area contributed by atoms with E-state index in [1.165, 1.54) is 29.0 Å². The predicted molar refractivity (Wildman–Crippen MR) is 112 cm³/mol. The van der Waals surface area contributed by atoms with E-state index in [1.54, 1.807) is 22.7 Å². The molecule has 1 amide bonds. The molecule has 5 rings (SSSR count). The zero-order chi connectivity index (χ0) is 20.4. The van der Waals surface area contributed by atoms with Crippen LogP contribution in [-0.2, 0) is 22.6 Å². The van der Waals surface area contributed by atoms with Crippen molar-refractivity contribution in [1.29, 1.82) is 0 Å². The summed E-state index contributed by atoms with van der Waals surface area (Å²) in [6.45, 7) is 1.39. The number of aromatic nitrogens is 1. The smallest absolute Gasteiger partial charge is 0.450 e. The van der Waals surface area contributed by atoms with E-state index in [0.29, 0.717) is 12.5 Å². The van der Waals surface area contributed by atoms with Gasteiger partial charge in [0.1, 0.15) is 10.0 Å². The average molecular weight is 435 g/mol. The molecule has 154 valence electrons. The largest absolute Gasteiger partial charge is 0.503 e. The number of fused-ring (bicyclic) bond motifs is 1. The summed E-state index contributed by atoms with van der Waals surface area (Å²) < 4.78 is 5.63. The van der Waals surface area contributed by atoms with E-state index in [-0.39, 0.29) is 5.91 Å². The van der Waals surface area contributed by atoms with Crippen molar-refractivity contribution in [2.45, 2.75) is 51.0 Å². The fourth-order valence-electron chi connectivity index (χ4n) is 3.57. The number of carboxylic acid groups (broad SMARTS) is 2. The number of ether oxygens (including phenoxy) is 1. The Morgan fingerprint density at radius 3 is 2.72 bits per heavy atom. The van der Waals surface area contributed by atoms with Gasteiger partial charge >= 0.3 is 6.16 Å². The minimum Gasteiger partial charge on any atom is -0.450 e. The van der Waals surface area contributed by atoms with Crippen molar-refractivity contribution < 1.29 is 24.5 Å². The number of thiophene rings is 1. The number of nitrogens with one attached hydrogen (secondary N) is 1. The Labute approximate surface area is 176 Å². The van der Waals surface area contributed by atoms with Crippen molar-refractivity contribution in [2.75, 3.05) is 11.9 Å². The molecule has 2 aliphatic carbocycles. The van der Waals surface area contributed by atoms with Crippen molar-refractivity contribution in [3.63, 3.8) is 0 Å². The maximum Gasteiger partial charge on any atom is 0.503 e. The molecule has 0 spiro atoms. The molecular weight excluding hydrogens is 412 g/mol. The highest BCUT2D eigenvalue weighted by molar-refractivity contribution is 7.18. The predicted octanol–water partition coefficient (Wildman–Crippen LogP) is 5.09. The monoisotopic (exact) mass is 434 g/mol. The molecule has 7 nitrogen and oxygen atoms in total. The summed E-state index contributed by atoms with van der Waals surface area (Å²) in [6, 6.07) is 0. The molecule has 0 unspecified atom stereocenters. The Bertz CT molecular complexity index is 954. The molecule has 0 aromatic carbocycles. The number of amides is 1. The van der Waals surface area contributed by atoms with E-state index in [0.717, 1.165) is 53.4 Å². The molecule has 0 bridgehead atoms. The molecule has 0 radical (unpaired) electrons. The molecule has 1 saturated carbocycles.